The van der Waals surface area contributed by atoms with Crippen molar-refractivity contribution in [2.24, 2.45) is 34.5 Å². The van der Waals surface area contributed by atoms with Gasteiger partial charge in [-0.2, -0.15) is 0 Å². The van der Waals surface area contributed by atoms with Gasteiger partial charge < -0.3 is 24.8 Å². The zero-order valence-corrected chi connectivity index (χ0v) is 21.3. The number of fused-ring (bicyclic) bond motifs is 8. The molecule has 1 saturated heterocycles. The molecule has 0 amide bonds. The molecular weight excluding hydrogens is 448 g/mol. The Bertz CT molecular complexity index is 1060. The van der Waals surface area contributed by atoms with Gasteiger partial charge in [0.2, 0.25) is 0 Å². The smallest absolute Gasteiger partial charge is 0.333 e. The Labute approximate surface area is 206 Å². The summed E-state index contributed by atoms with van der Waals surface area (Å²) in [5.74, 6) is -1.15. The van der Waals surface area contributed by atoms with E-state index in [4.69, 9.17) is 9.47 Å². The van der Waals surface area contributed by atoms with E-state index in [0.717, 1.165) is 5.57 Å². The predicted octanol–water partition coefficient (Wildman–Crippen LogP) is 2.47. The number of hydrogen-bond donors (Lipinski definition) is 3. The Balaban J connectivity index is 1.37. The van der Waals surface area contributed by atoms with Crippen molar-refractivity contribution < 1.29 is 34.4 Å². The highest BCUT2D eigenvalue weighted by molar-refractivity contribution is 5.97. The van der Waals surface area contributed by atoms with Crippen molar-refractivity contribution >= 4 is 11.8 Å². The van der Waals surface area contributed by atoms with Crippen LogP contribution in [0.3, 0.4) is 0 Å². The van der Waals surface area contributed by atoms with Gasteiger partial charge in [-0.05, 0) is 70.3 Å². The van der Waals surface area contributed by atoms with Crippen molar-refractivity contribution in [3.8, 4) is 0 Å². The van der Waals surface area contributed by atoms with E-state index in [-0.39, 0.29) is 41.5 Å². The van der Waals surface area contributed by atoms with Crippen LogP contribution in [0.25, 0.3) is 0 Å². The number of ketones is 1. The lowest BCUT2D eigenvalue weighted by Crippen LogP contribution is -2.71. The van der Waals surface area contributed by atoms with Gasteiger partial charge in [0.05, 0.1) is 23.2 Å². The molecule has 4 fully saturated rings. The number of aliphatic hydroxyl groups excluding tert-OH is 1. The highest BCUT2D eigenvalue weighted by atomic mass is 16.6. The molecule has 0 bridgehead atoms. The fraction of sp³-hybridized carbons (Fsp3) is 0.786. The molecule has 7 nitrogen and oxygen atoms in total. The summed E-state index contributed by atoms with van der Waals surface area (Å²) in [6.45, 7) is 9.47. The highest BCUT2D eigenvalue weighted by Gasteiger charge is 2.80. The van der Waals surface area contributed by atoms with E-state index < -0.39 is 40.3 Å². The van der Waals surface area contributed by atoms with Gasteiger partial charge in [-0.25, -0.2) is 4.79 Å². The number of cyclic esters (lactones) is 1. The summed E-state index contributed by atoms with van der Waals surface area (Å²) < 4.78 is 11.9. The Hall–Kier alpha value is -1.54. The average molecular weight is 487 g/mol. The molecule has 6 aliphatic rings. The lowest BCUT2D eigenvalue weighted by molar-refractivity contribution is -0.234. The van der Waals surface area contributed by atoms with Crippen LogP contribution in [0.2, 0.25) is 0 Å². The van der Waals surface area contributed by atoms with Crippen LogP contribution in [-0.2, 0) is 19.1 Å². The molecule has 0 aromatic heterocycles. The Morgan fingerprint density at radius 1 is 1.14 bits per heavy atom. The first-order valence-electron chi connectivity index (χ1n) is 13.2. The molecule has 2 aliphatic heterocycles. The first-order valence-corrected chi connectivity index (χ1v) is 13.2. The van der Waals surface area contributed by atoms with Gasteiger partial charge in [0, 0.05) is 23.3 Å². The van der Waals surface area contributed by atoms with E-state index in [1.54, 1.807) is 19.1 Å². The van der Waals surface area contributed by atoms with Crippen LogP contribution in [0.4, 0.5) is 0 Å². The summed E-state index contributed by atoms with van der Waals surface area (Å²) in [4.78, 5) is 25.7. The van der Waals surface area contributed by atoms with Crippen LogP contribution in [0.15, 0.2) is 23.3 Å². The number of carbonyl (C=O) groups is 2. The molecule has 3 N–H and O–H groups in total. The van der Waals surface area contributed by atoms with E-state index in [0.29, 0.717) is 37.7 Å². The quantitative estimate of drug-likeness (QED) is 0.406. The van der Waals surface area contributed by atoms with Gasteiger partial charge in [0.15, 0.2) is 5.78 Å². The predicted molar refractivity (Wildman–Crippen MR) is 126 cm³/mol. The van der Waals surface area contributed by atoms with Crippen LogP contribution < -0.4 is 0 Å². The fourth-order valence-corrected chi connectivity index (χ4v) is 9.26. The van der Waals surface area contributed by atoms with E-state index in [2.05, 4.69) is 0 Å². The van der Waals surface area contributed by atoms with Gasteiger partial charge in [-0.15, -0.1) is 0 Å². The third-order valence-corrected chi connectivity index (χ3v) is 11.9. The van der Waals surface area contributed by atoms with Gasteiger partial charge in [0.25, 0.3) is 0 Å². The number of rotatable bonds is 2. The second-order valence-electron chi connectivity index (χ2n) is 12.7. The second kappa shape index (κ2) is 7.06. The van der Waals surface area contributed by atoms with Crippen molar-refractivity contribution in [3.05, 3.63) is 23.3 Å². The lowest BCUT2D eigenvalue weighted by atomic mass is 9.42. The third-order valence-electron chi connectivity index (χ3n) is 11.9. The SMILES string of the molecule is CC1=C(C)C(=O)OC([C@@H](C)[C@@]2(O)CC[C@H]3[C@@H]4[C@@H]5O[C@@H]5[C@@]5(O)CC=CC(=O)[C@]5(C)[C@H]4C[C@H](O)[C@@]32C)C1. The van der Waals surface area contributed by atoms with Gasteiger partial charge in [-0.3, -0.25) is 4.79 Å². The number of hydrogen-bond acceptors (Lipinski definition) is 7. The van der Waals surface area contributed by atoms with E-state index in [1.807, 2.05) is 27.7 Å². The van der Waals surface area contributed by atoms with Crippen molar-refractivity contribution in [2.75, 3.05) is 0 Å². The average Bonchev–Trinajstić information content (AvgIpc) is 3.56. The third kappa shape index (κ3) is 2.61. The molecule has 192 valence electrons. The minimum atomic E-state index is -1.27. The molecule has 1 unspecified atom stereocenters. The van der Waals surface area contributed by atoms with Crippen molar-refractivity contribution in [1.82, 2.24) is 0 Å². The number of epoxide rings is 1. The van der Waals surface area contributed by atoms with Crippen LogP contribution >= 0.6 is 0 Å². The summed E-state index contributed by atoms with van der Waals surface area (Å²) in [5, 5.41) is 35.8. The molecule has 0 spiro atoms. The number of esters is 1. The van der Waals surface area contributed by atoms with E-state index in [9.17, 15) is 24.9 Å². The number of ether oxygens (including phenoxy) is 2. The van der Waals surface area contributed by atoms with Crippen LogP contribution in [-0.4, -0.2) is 62.7 Å². The molecule has 6 rings (SSSR count). The Morgan fingerprint density at radius 3 is 2.54 bits per heavy atom. The fourth-order valence-electron chi connectivity index (χ4n) is 9.26. The summed E-state index contributed by atoms with van der Waals surface area (Å²) in [6, 6.07) is 0. The standard InChI is InChI=1S/C28H38O7/c1-13-11-18(34-24(31)14(13)2)15(3)27(32)10-8-16-21-17(12-20(30)25(16,27)4)26(5)19(29)7-6-9-28(26,33)23-22(21)35-23/h6-7,15-18,20-23,30,32-33H,8-12H2,1-5H3/t15-,16+,17+,18?,20+,21+,22+,23+,25-,26+,27+,28+/m1/s1. The molecule has 7 heteroatoms. The number of allylic oxidation sites excluding steroid dienone is 1. The van der Waals surface area contributed by atoms with Crippen molar-refractivity contribution in [2.45, 2.75) is 102 Å². The van der Waals surface area contributed by atoms with Crippen LogP contribution in [0.1, 0.15) is 66.7 Å². The van der Waals surface area contributed by atoms with Gasteiger partial charge in [0.1, 0.15) is 17.8 Å². The topological polar surface area (TPSA) is 117 Å². The highest BCUT2D eigenvalue weighted by Crippen LogP contribution is 2.72. The van der Waals surface area contributed by atoms with Gasteiger partial charge >= 0.3 is 5.97 Å². The largest absolute Gasteiger partial charge is 0.458 e. The molecule has 4 aliphatic carbocycles. The lowest BCUT2D eigenvalue weighted by Gasteiger charge is -2.62. The molecule has 0 radical (unpaired) electrons. The van der Waals surface area contributed by atoms with Crippen LogP contribution in [0.5, 0.6) is 0 Å². The van der Waals surface area contributed by atoms with Crippen molar-refractivity contribution in [1.29, 1.82) is 0 Å². The first-order chi connectivity index (χ1) is 16.3. The monoisotopic (exact) mass is 486 g/mol. The zero-order chi connectivity index (χ0) is 25.3. The maximum absolute atomic E-state index is 13.3. The zero-order valence-electron chi connectivity index (χ0n) is 21.3. The normalized spacial score (nSPS) is 55.5. The Morgan fingerprint density at radius 2 is 1.86 bits per heavy atom. The minimum Gasteiger partial charge on any atom is -0.458 e. The summed E-state index contributed by atoms with van der Waals surface area (Å²) in [6.07, 6.45) is 3.87. The molecule has 3 saturated carbocycles. The summed E-state index contributed by atoms with van der Waals surface area (Å²) >= 11 is 0. The van der Waals surface area contributed by atoms with E-state index in [1.165, 1.54) is 0 Å². The van der Waals surface area contributed by atoms with Gasteiger partial charge in [-0.1, -0.05) is 25.5 Å². The minimum absolute atomic E-state index is 0.0341. The molecule has 0 aromatic rings. The Kier molecular flexibility index (Phi) is 4.81. The number of aliphatic hydroxyl groups is 3. The molecule has 12 atom stereocenters. The van der Waals surface area contributed by atoms with Crippen molar-refractivity contribution in [3.63, 3.8) is 0 Å². The molecular formula is C28H38O7. The summed E-state index contributed by atoms with van der Waals surface area (Å²) in [5.41, 5.74) is -2.78. The summed E-state index contributed by atoms with van der Waals surface area (Å²) in [7, 11) is 0. The number of carbonyl (C=O) groups excluding carboxylic acids is 2. The maximum atomic E-state index is 13.3. The van der Waals surface area contributed by atoms with Crippen LogP contribution in [0, 0.1) is 34.5 Å². The molecule has 0 aromatic carbocycles. The second-order valence-corrected chi connectivity index (χ2v) is 12.7. The van der Waals surface area contributed by atoms with E-state index >= 15 is 0 Å². The maximum Gasteiger partial charge on any atom is 0.333 e. The molecule has 2 heterocycles. The first kappa shape index (κ1) is 23.8. The molecule has 35 heavy (non-hydrogen) atoms.